The highest BCUT2D eigenvalue weighted by Crippen LogP contribution is 2.05. The molecule has 0 fully saturated rings. The lowest BCUT2D eigenvalue weighted by Gasteiger charge is -2.12. The van der Waals surface area contributed by atoms with E-state index in [2.05, 4.69) is 5.23 Å². The predicted octanol–water partition coefficient (Wildman–Crippen LogP) is 0.636. The quantitative estimate of drug-likeness (QED) is 0.552. The molecule has 0 aromatic heterocycles. The van der Waals surface area contributed by atoms with E-state index in [4.69, 9.17) is 5.02 Å². The maximum atomic E-state index is 12.8. The summed E-state index contributed by atoms with van der Waals surface area (Å²) in [6, 6.07) is 5.56. The summed E-state index contributed by atoms with van der Waals surface area (Å²) in [5.41, 5.74) is 0.722. The van der Waals surface area contributed by atoms with Crippen LogP contribution >= 0.6 is 0 Å². The third-order valence-electron chi connectivity index (χ3n) is 1.96. The van der Waals surface area contributed by atoms with Gasteiger partial charge in [-0.25, -0.2) is 4.39 Å². The van der Waals surface area contributed by atoms with Crippen molar-refractivity contribution in [3.8, 4) is 0 Å². The van der Waals surface area contributed by atoms with Crippen LogP contribution in [-0.4, -0.2) is 24.4 Å². The van der Waals surface area contributed by atoms with E-state index in [9.17, 15) is 9.18 Å². The van der Waals surface area contributed by atoms with E-state index < -0.39 is 13.1 Å². The van der Waals surface area contributed by atoms with Gasteiger partial charge in [0, 0.05) is 0 Å². The van der Waals surface area contributed by atoms with E-state index in [1.165, 1.54) is 19.0 Å². The molecule has 0 bridgehead atoms. The van der Waals surface area contributed by atoms with Gasteiger partial charge < -0.3 is 15.0 Å². The largest absolute Gasteiger partial charge is 0.437 e. The number of carbonyl (C=O) groups is 1. The van der Waals surface area contributed by atoms with Crippen molar-refractivity contribution in [2.24, 2.45) is 0 Å². The molecule has 0 saturated carbocycles. The molecule has 0 aliphatic heterocycles. The number of halogens is 1. The predicted molar refractivity (Wildman–Crippen MR) is 56.9 cm³/mol. The maximum absolute atomic E-state index is 12.8. The Hall–Kier alpha value is -1.20. The Morgan fingerprint density at radius 3 is 2.93 bits per heavy atom. The summed E-state index contributed by atoms with van der Waals surface area (Å²) < 4.78 is 12.8. The van der Waals surface area contributed by atoms with Gasteiger partial charge in [0.05, 0.1) is 6.04 Å². The minimum Gasteiger partial charge on any atom is -0.437 e. The molecule has 5 heteroatoms. The average Bonchev–Trinajstić information content (AvgIpc) is 2.16. The second-order valence-corrected chi connectivity index (χ2v) is 3.42. The van der Waals surface area contributed by atoms with Gasteiger partial charge in [0.2, 0.25) is 0 Å². The molecule has 1 aromatic rings. The molecule has 15 heavy (non-hydrogen) atoms. The van der Waals surface area contributed by atoms with E-state index in [1.807, 2.05) is 0 Å². The summed E-state index contributed by atoms with van der Waals surface area (Å²) in [5, 5.41) is 11.7. The number of carbonyl (C=O) groups excluding carboxylic acids is 1. The van der Waals surface area contributed by atoms with E-state index in [1.54, 1.807) is 12.1 Å². The lowest BCUT2D eigenvalue weighted by Crippen LogP contribution is -2.42. The molecule has 1 atom stereocenters. The second kappa shape index (κ2) is 5.63. The zero-order valence-corrected chi connectivity index (χ0v) is 8.48. The first kappa shape index (κ1) is 11.9. The molecular formula is C10H13BFNO2. The van der Waals surface area contributed by atoms with Crippen molar-refractivity contribution in [1.29, 1.82) is 0 Å². The minimum absolute atomic E-state index is 0.325. The number of hydrogen-bond donors (Lipinski definition) is 2. The number of nitrogens with one attached hydrogen (secondary N) is 1. The topological polar surface area (TPSA) is 49.3 Å². The highest BCUT2D eigenvalue weighted by molar-refractivity contribution is 6.45. The Morgan fingerprint density at radius 1 is 1.67 bits per heavy atom. The maximum Gasteiger partial charge on any atom is 0.374 e. The van der Waals surface area contributed by atoms with Crippen molar-refractivity contribution in [3.63, 3.8) is 0 Å². The monoisotopic (exact) mass is 209 g/mol. The van der Waals surface area contributed by atoms with Gasteiger partial charge in [-0.3, -0.25) is 0 Å². The Balaban J connectivity index is 2.62. The van der Waals surface area contributed by atoms with Gasteiger partial charge in [0.1, 0.15) is 12.1 Å². The summed E-state index contributed by atoms with van der Waals surface area (Å²) in [4.78, 5) is 10.7. The fourth-order valence-corrected chi connectivity index (χ4v) is 1.37. The average molecular weight is 209 g/mol. The molecule has 1 rings (SSSR count). The van der Waals surface area contributed by atoms with Crippen molar-refractivity contribution in [1.82, 2.24) is 5.23 Å². The molecule has 0 radical (unpaired) electrons. The first-order valence-corrected chi connectivity index (χ1v) is 4.75. The molecule has 1 unspecified atom stereocenters. The van der Waals surface area contributed by atoms with Crippen LogP contribution in [0.25, 0.3) is 0 Å². The number of aldehydes is 1. The Kier molecular flexibility index (Phi) is 4.46. The number of rotatable bonds is 5. The molecule has 0 amide bonds. The van der Waals surface area contributed by atoms with E-state index in [0.29, 0.717) is 12.7 Å². The lowest BCUT2D eigenvalue weighted by molar-refractivity contribution is -0.109. The van der Waals surface area contributed by atoms with Crippen LogP contribution in [-0.2, 0) is 11.2 Å². The van der Waals surface area contributed by atoms with Crippen LogP contribution in [0.15, 0.2) is 24.3 Å². The van der Waals surface area contributed by atoms with Crippen LogP contribution in [0.1, 0.15) is 5.56 Å². The van der Waals surface area contributed by atoms with Crippen molar-refractivity contribution >= 4 is 13.3 Å². The first-order chi connectivity index (χ1) is 7.11. The Labute approximate surface area is 88.4 Å². The molecule has 3 nitrogen and oxygen atoms in total. The molecule has 1 aromatic carbocycles. The van der Waals surface area contributed by atoms with Crippen LogP contribution in [0.4, 0.5) is 4.39 Å². The minimum atomic E-state index is -0.756. The third-order valence-corrected chi connectivity index (χ3v) is 1.96. The fraction of sp³-hybridized carbons (Fsp3) is 0.300. The summed E-state index contributed by atoms with van der Waals surface area (Å²) in [6.07, 6.45) is 1.07. The molecule has 0 saturated heterocycles. The molecule has 2 N–H and O–H groups in total. The lowest BCUT2D eigenvalue weighted by atomic mass is 9.86. The van der Waals surface area contributed by atoms with Crippen LogP contribution in [0, 0.1) is 5.82 Å². The van der Waals surface area contributed by atoms with Crippen LogP contribution < -0.4 is 5.23 Å². The SMILES string of the molecule is CB(O)NC(C=O)Cc1cccc(F)c1. The Bertz CT molecular complexity index is 333. The highest BCUT2D eigenvalue weighted by atomic mass is 19.1. The zero-order valence-electron chi connectivity index (χ0n) is 8.48. The summed E-state index contributed by atoms with van der Waals surface area (Å²) in [7, 11) is -0.756. The molecule has 80 valence electrons. The summed E-state index contributed by atoms with van der Waals surface area (Å²) in [6.45, 7) is 1.53. The van der Waals surface area contributed by atoms with Gasteiger partial charge in [-0.2, -0.15) is 0 Å². The highest BCUT2D eigenvalue weighted by Gasteiger charge is 2.12. The van der Waals surface area contributed by atoms with Gasteiger partial charge in [-0.1, -0.05) is 12.1 Å². The normalized spacial score (nSPS) is 12.2. The van der Waals surface area contributed by atoms with Crippen molar-refractivity contribution in [2.75, 3.05) is 0 Å². The van der Waals surface area contributed by atoms with E-state index in [-0.39, 0.29) is 5.82 Å². The second-order valence-electron chi connectivity index (χ2n) is 3.42. The smallest absolute Gasteiger partial charge is 0.374 e. The van der Waals surface area contributed by atoms with Crippen LogP contribution in [0.5, 0.6) is 0 Å². The number of benzene rings is 1. The van der Waals surface area contributed by atoms with E-state index in [0.717, 1.165) is 5.56 Å². The first-order valence-electron chi connectivity index (χ1n) is 4.75. The van der Waals surface area contributed by atoms with Crippen LogP contribution in [0.2, 0.25) is 6.82 Å². The molecular weight excluding hydrogens is 196 g/mol. The summed E-state index contributed by atoms with van der Waals surface area (Å²) in [5.74, 6) is -0.325. The van der Waals surface area contributed by atoms with Gasteiger partial charge in [-0.15, -0.1) is 0 Å². The van der Waals surface area contributed by atoms with Crippen LogP contribution in [0.3, 0.4) is 0 Å². The summed E-state index contributed by atoms with van der Waals surface area (Å²) >= 11 is 0. The fourth-order valence-electron chi connectivity index (χ4n) is 1.37. The molecule has 0 aliphatic carbocycles. The van der Waals surface area contributed by atoms with Crippen molar-refractivity contribution < 1.29 is 14.2 Å². The Morgan fingerprint density at radius 2 is 2.40 bits per heavy atom. The standard InChI is InChI=1S/C10H13BFNO2/c1-11(15)13-10(7-14)6-8-3-2-4-9(12)5-8/h2-5,7,10,13,15H,6H2,1H3. The van der Waals surface area contributed by atoms with Crippen molar-refractivity contribution in [2.45, 2.75) is 19.3 Å². The van der Waals surface area contributed by atoms with Crippen molar-refractivity contribution in [3.05, 3.63) is 35.6 Å². The molecule has 0 heterocycles. The zero-order chi connectivity index (χ0) is 11.3. The van der Waals surface area contributed by atoms with Gasteiger partial charge >= 0.3 is 7.05 Å². The number of hydrogen-bond acceptors (Lipinski definition) is 3. The van der Waals surface area contributed by atoms with E-state index >= 15 is 0 Å². The van der Waals surface area contributed by atoms with Gasteiger partial charge in [-0.05, 0) is 30.9 Å². The molecule has 0 aliphatic rings. The van der Waals surface area contributed by atoms with Gasteiger partial charge in [0.15, 0.2) is 0 Å². The molecule has 0 spiro atoms. The van der Waals surface area contributed by atoms with Gasteiger partial charge in [0.25, 0.3) is 0 Å². The third kappa shape index (κ3) is 4.23.